The summed E-state index contributed by atoms with van der Waals surface area (Å²) in [7, 11) is 0. The lowest BCUT2D eigenvalue weighted by Crippen LogP contribution is -1.96. The van der Waals surface area contributed by atoms with Gasteiger partial charge in [-0.15, -0.1) is 11.8 Å². The summed E-state index contributed by atoms with van der Waals surface area (Å²) in [5.41, 5.74) is 3.61. The average Bonchev–Trinajstić information content (AvgIpc) is 2.60. The van der Waals surface area contributed by atoms with Crippen molar-refractivity contribution in [3.63, 3.8) is 0 Å². The first-order chi connectivity index (χ1) is 11.7. The molecule has 0 amide bonds. The number of benzene rings is 2. The normalized spacial score (nSPS) is 10.8. The van der Waals surface area contributed by atoms with E-state index in [-0.39, 0.29) is 5.78 Å². The van der Waals surface area contributed by atoms with Gasteiger partial charge in [0.25, 0.3) is 0 Å². The van der Waals surface area contributed by atoms with Crippen molar-refractivity contribution in [3.8, 4) is 0 Å². The molecule has 0 bridgehead atoms. The highest BCUT2D eigenvalue weighted by Crippen LogP contribution is 2.26. The van der Waals surface area contributed by atoms with Crippen LogP contribution in [-0.2, 0) is 12.8 Å². The lowest BCUT2D eigenvalue weighted by atomic mass is 10.0. The Morgan fingerprint density at radius 1 is 0.958 bits per heavy atom. The lowest BCUT2D eigenvalue weighted by molar-refractivity contribution is 0.101. The Labute approximate surface area is 150 Å². The van der Waals surface area contributed by atoms with Crippen LogP contribution in [-0.4, -0.2) is 11.5 Å². The average molecular weight is 341 g/mol. The third-order valence-electron chi connectivity index (χ3n) is 4.20. The fourth-order valence-electron chi connectivity index (χ4n) is 2.84. The molecule has 0 spiro atoms. The van der Waals surface area contributed by atoms with Crippen molar-refractivity contribution >= 4 is 17.5 Å². The van der Waals surface area contributed by atoms with E-state index in [1.165, 1.54) is 41.7 Å². The Hall–Kier alpha value is -1.54. The molecule has 0 saturated heterocycles. The van der Waals surface area contributed by atoms with Gasteiger partial charge in [0.05, 0.1) is 0 Å². The molecule has 24 heavy (non-hydrogen) atoms. The van der Waals surface area contributed by atoms with Gasteiger partial charge in [-0.3, -0.25) is 4.79 Å². The zero-order valence-electron chi connectivity index (χ0n) is 14.9. The second-order valence-electron chi connectivity index (χ2n) is 6.27. The minimum absolute atomic E-state index is 0.157. The predicted molar refractivity (Wildman–Crippen MR) is 105 cm³/mol. The van der Waals surface area contributed by atoms with Crippen LogP contribution < -0.4 is 0 Å². The number of Topliss-reactive ketones (excluding diaryl/α,β-unsaturated/α-hetero) is 1. The van der Waals surface area contributed by atoms with Crippen LogP contribution in [0.3, 0.4) is 0 Å². The van der Waals surface area contributed by atoms with Gasteiger partial charge >= 0.3 is 0 Å². The van der Waals surface area contributed by atoms with E-state index in [1.54, 1.807) is 6.92 Å². The number of hydrogen-bond acceptors (Lipinski definition) is 2. The summed E-state index contributed by atoms with van der Waals surface area (Å²) in [5.74, 6) is 1.31. The Kier molecular flexibility index (Phi) is 8.11. The van der Waals surface area contributed by atoms with Crippen molar-refractivity contribution in [1.82, 2.24) is 0 Å². The third-order valence-corrected chi connectivity index (χ3v) is 5.40. The molecule has 0 N–H and O–H groups in total. The molecule has 0 aliphatic carbocycles. The van der Waals surface area contributed by atoms with Gasteiger partial charge in [-0.1, -0.05) is 56.2 Å². The van der Waals surface area contributed by atoms with Crippen molar-refractivity contribution in [2.75, 3.05) is 5.75 Å². The number of hydrogen-bond donors (Lipinski definition) is 0. The van der Waals surface area contributed by atoms with Gasteiger partial charge in [0.15, 0.2) is 5.78 Å². The first-order valence-electron chi connectivity index (χ1n) is 9.01. The Bertz CT molecular complexity index is 634. The first-order valence-corrected chi connectivity index (χ1v) is 10.00. The van der Waals surface area contributed by atoms with Gasteiger partial charge in [-0.05, 0) is 61.6 Å². The van der Waals surface area contributed by atoms with Gasteiger partial charge in [0.1, 0.15) is 0 Å². The largest absolute Gasteiger partial charge is 0.295 e. The molecule has 0 fully saturated rings. The van der Waals surface area contributed by atoms with E-state index in [1.807, 2.05) is 17.8 Å². The molecule has 2 aromatic rings. The molecule has 128 valence electrons. The van der Waals surface area contributed by atoms with Crippen LogP contribution >= 0.6 is 11.8 Å². The molecular weight excluding hydrogens is 312 g/mol. The maximum atomic E-state index is 11.6. The van der Waals surface area contributed by atoms with E-state index >= 15 is 0 Å². The van der Waals surface area contributed by atoms with E-state index in [0.717, 1.165) is 24.2 Å². The summed E-state index contributed by atoms with van der Waals surface area (Å²) in [6, 6.07) is 16.9. The van der Waals surface area contributed by atoms with E-state index in [2.05, 4.69) is 49.4 Å². The van der Waals surface area contributed by atoms with Crippen molar-refractivity contribution < 1.29 is 4.79 Å². The highest BCUT2D eigenvalue weighted by molar-refractivity contribution is 7.99. The summed E-state index contributed by atoms with van der Waals surface area (Å²) in [4.78, 5) is 12.9. The van der Waals surface area contributed by atoms with Gasteiger partial charge < -0.3 is 0 Å². The second-order valence-corrected chi connectivity index (χ2v) is 7.41. The van der Waals surface area contributed by atoms with Crippen LogP contribution in [0.15, 0.2) is 53.4 Å². The Balaban J connectivity index is 1.76. The first kappa shape index (κ1) is 18.8. The number of unbranched alkanes of at least 4 members (excludes halogenated alkanes) is 2. The fraction of sp³-hybridized carbons (Fsp3) is 0.409. The minimum atomic E-state index is 0.157. The molecule has 0 aliphatic heterocycles. The molecule has 2 rings (SSSR count). The summed E-state index contributed by atoms with van der Waals surface area (Å²) in [6.45, 7) is 3.84. The van der Waals surface area contributed by atoms with Crippen LogP contribution in [0.2, 0.25) is 0 Å². The Morgan fingerprint density at radius 2 is 1.75 bits per heavy atom. The fourth-order valence-corrected chi connectivity index (χ4v) is 3.92. The molecule has 0 atom stereocenters. The van der Waals surface area contributed by atoms with Gasteiger partial charge in [0, 0.05) is 10.5 Å². The zero-order chi connectivity index (χ0) is 17.2. The van der Waals surface area contributed by atoms with E-state index in [0.29, 0.717) is 0 Å². The molecule has 1 nitrogen and oxygen atoms in total. The van der Waals surface area contributed by atoms with E-state index < -0.39 is 0 Å². The highest BCUT2D eigenvalue weighted by atomic mass is 32.2. The molecular formula is C22H28OS. The van der Waals surface area contributed by atoms with Crippen LogP contribution in [0.1, 0.15) is 61.0 Å². The number of rotatable bonds is 10. The number of aryl methyl sites for hydroxylation is 2. The predicted octanol–water partition coefficient (Wildman–Crippen LogP) is 6.35. The maximum absolute atomic E-state index is 11.6. The minimum Gasteiger partial charge on any atom is -0.295 e. The highest BCUT2D eigenvalue weighted by Gasteiger charge is 2.07. The molecule has 0 radical (unpaired) electrons. The van der Waals surface area contributed by atoms with Crippen molar-refractivity contribution in [2.45, 2.75) is 57.3 Å². The van der Waals surface area contributed by atoms with Crippen LogP contribution in [0, 0.1) is 0 Å². The van der Waals surface area contributed by atoms with Crippen LogP contribution in [0.5, 0.6) is 0 Å². The summed E-state index contributed by atoms with van der Waals surface area (Å²) in [5, 5.41) is 0. The zero-order valence-corrected chi connectivity index (χ0v) is 15.7. The summed E-state index contributed by atoms with van der Waals surface area (Å²) < 4.78 is 0. The van der Waals surface area contributed by atoms with Gasteiger partial charge in [0.2, 0.25) is 0 Å². The van der Waals surface area contributed by atoms with Crippen molar-refractivity contribution in [2.24, 2.45) is 0 Å². The number of carbonyl (C=O) groups is 1. The van der Waals surface area contributed by atoms with Crippen LogP contribution in [0.25, 0.3) is 0 Å². The maximum Gasteiger partial charge on any atom is 0.159 e. The molecule has 0 heterocycles. The van der Waals surface area contributed by atoms with Crippen LogP contribution in [0.4, 0.5) is 0 Å². The summed E-state index contributed by atoms with van der Waals surface area (Å²) in [6.07, 6.45) is 7.13. The number of ketones is 1. The topological polar surface area (TPSA) is 17.1 Å². The molecule has 2 aromatic carbocycles. The van der Waals surface area contributed by atoms with Crippen molar-refractivity contribution in [3.05, 3.63) is 65.2 Å². The smallest absolute Gasteiger partial charge is 0.159 e. The second kappa shape index (κ2) is 10.4. The SMILES string of the molecule is CCCc1cc(C(C)=O)ccc1SCCCCCc1ccccc1. The molecule has 0 saturated carbocycles. The lowest BCUT2D eigenvalue weighted by Gasteiger charge is -2.10. The monoisotopic (exact) mass is 340 g/mol. The van der Waals surface area contributed by atoms with Crippen molar-refractivity contribution in [1.29, 1.82) is 0 Å². The van der Waals surface area contributed by atoms with E-state index in [9.17, 15) is 4.79 Å². The third kappa shape index (κ3) is 6.16. The Morgan fingerprint density at radius 3 is 2.46 bits per heavy atom. The van der Waals surface area contributed by atoms with Gasteiger partial charge in [-0.2, -0.15) is 0 Å². The number of carbonyl (C=O) groups excluding carboxylic acids is 1. The molecule has 0 aliphatic rings. The standard InChI is InChI=1S/C22H28OS/c1-3-10-21-17-20(18(2)23)14-15-22(21)24-16-9-5-8-13-19-11-6-4-7-12-19/h4,6-7,11-12,14-15,17H,3,5,8-10,13,16H2,1-2H3. The van der Waals surface area contributed by atoms with Gasteiger partial charge in [-0.25, -0.2) is 0 Å². The quantitative estimate of drug-likeness (QED) is 0.285. The molecule has 2 heteroatoms. The van der Waals surface area contributed by atoms with E-state index in [4.69, 9.17) is 0 Å². The number of thioether (sulfide) groups is 1. The molecule has 0 unspecified atom stereocenters. The summed E-state index contributed by atoms with van der Waals surface area (Å²) >= 11 is 1.94. The molecule has 0 aromatic heterocycles.